The molecule has 2 unspecified atom stereocenters. The molecular weight excluding hydrogens is 350 g/mol. The van der Waals surface area contributed by atoms with Crippen LogP contribution >= 0.6 is 11.6 Å². The molecule has 5 heteroatoms. The predicted molar refractivity (Wildman–Crippen MR) is 104 cm³/mol. The molecule has 2 aromatic carbocycles. The number of aliphatic hydroxyl groups is 1. The van der Waals surface area contributed by atoms with Gasteiger partial charge in [0.25, 0.3) is 0 Å². The van der Waals surface area contributed by atoms with Crippen LogP contribution in [-0.2, 0) is 0 Å². The summed E-state index contributed by atoms with van der Waals surface area (Å²) in [5.41, 5.74) is 0. The zero-order chi connectivity index (χ0) is 18.2. The number of likely N-dealkylation sites (tertiary alicyclic amines) is 1. The number of hydrogen-bond acceptors (Lipinski definition) is 4. The molecule has 0 saturated carbocycles. The fourth-order valence-corrected chi connectivity index (χ4v) is 3.38. The smallest absolute Gasteiger partial charge is 0.119 e. The predicted octanol–water partition coefficient (Wildman–Crippen LogP) is 3.87. The average molecular weight is 376 g/mol. The van der Waals surface area contributed by atoms with Crippen LogP contribution in [0.5, 0.6) is 11.5 Å². The first-order valence-corrected chi connectivity index (χ1v) is 9.53. The van der Waals surface area contributed by atoms with Crippen LogP contribution in [0, 0.1) is 5.92 Å². The van der Waals surface area contributed by atoms with E-state index in [-0.39, 0.29) is 0 Å². The van der Waals surface area contributed by atoms with E-state index in [9.17, 15) is 5.11 Å². The van der Waals surface area contributed by atoms with Gasteiger partial charge in [-0.3, -0.25) is 0 Å². The summed E-state index contributed by atoms with van der Waals surface area (Å²) in [5, 5.41) is 11.0. The topological polar surface area (TPSA) is 41.9 Å². The molecular formula is C21H26ClNO3. The third kappa shape index (κ3) is 6.20. The second kappa shape index (κ2) is 9.81. The Kier molecular flexibility index (Phi) is 7.18. The highest BCUT2D eigenvalue weighted by Gasteiger charge is 2.22. The van der Waals surface area contributed by atoms with Crippen molar-refractivity contribution in [2.75, 3.05) is 32.8 Å². The quantitative estimate of drug-likeness (QED) is 0.760. The zero-order valence-corrected chi connectivity index (χ0v) is 15.6. The fraction of sp³-hybridized carbons (Fsp3) is 0.429. The van der Waals surface area contributed by atoms with Gasteiger partial charge in [-0.2, -0.15) is 0 Å². The van der Waals surface area contributed by atoms with Crippen LogP contribution in [0.15, 0.2) is 54.6 Å². The van der Waals surface area contributed by atoms with E-state index in [1.165, 1.54) is 0 Å². The number of rotatable bonds is 8. The number of β-amino-alcohol motifs (C(OH)–C–C–N with tert-alkyl or cyclic N) is 1. The van der Waals surface area contributed by atoms with E-state index < -0.39 is 6.10 Å². The lowest BCUT2D eigenvalue weighted by molar-refractivity contribution is 0.0451. The third-order valence-electron chi connectivity index (χ3n) is 4.56. The van der Waals surface area contributed by atoms with Crippen molar-refractivity contribution in [2.45, 2.75) is 18.9 Å². The molecule has 0 aliphatic carbocycles. The minimum absolute atomic E-state index is 0.312. The molecule has 0 aromatic heterocycles. The summed E-state index contributed by atoms with van der Waals surface area (Å²) < 4.78 is 11.5. The third-order valence-corrected chi connectivity index (χ3v) is 4.81. The molecule has 2 aromatic rings. The molecule has 4 nitrogen and oxygen atoms in total. The number of hydrogen-bond donors (Lipinski definition) is 1. The van der Waals surface area contributed by atoms with Crippen LogP contribution in [0.4, 0.5) is 0 Å². The molecule has 1 aliphatic heterocycles. The van der Waals surface area contributed by atoms with Gasteiger partial charge in [-0.25, -0.2) is 0 Å². The fourth-order valence-electron chi connectivity index (χ4n) is 3.26. The number of halogens is 1. The van der Waals surface area contributed by atoms with Crippen LogP contribution in [0.25, 0.3) is 0 Å². The number of nitrogens with zero attached hydrogens (tertiary/aromatic N) is 1. The number of aliphatic hydroxyl groups excluding tert-OH is 1. The Balaban J connectivity index is 1.39. The van der Waals surface area contributed by atoms with Gasteiger partial charge in [0.1, 0.15) is 24.2 Å². The summed E-state index contributed by atoms with van der Waals surface area (Å²) in [5.74, 6) is 2.11. The molecule has 3 rings (SSSR count). The first kappa shape index (κ1) is 19.0. The van der Waals surface area contributed by atoms with Crippen LogP contribution in [0.2, 0.25) is 5.02 Å². The highest BCUT2D eigenvalue weighted by atomic mass is 35.5. The number of ether oxygens (including phenoxy) is 2. The number of piperidine rings is 1. The van der Waals surface area contributed by atoms with Crippen molar-refractivity contribution in [3.8, 4) is 11.5 Å². The van der Waals surface area contributed by atoms with Crippen LogP contribution in [0.3, 0.4) is 0 Å². The Labute approximate surface area is 160 Å². The zero-order valence-electron chi connectivity index (χ0n) is 14.9. The first-order valence-electron chi connectivity index (χ1n) is 9.15. The molecule has 1 fully saturated rings. The molecule has 0 amide bonds. The molecule has 1 heterocycles. The van der Waals surface area contributed by atoms with E-state index >= 15 is 0 Å². The Hall–Kier alpha value is -1.75. The van der Waals surface area contributed by atoms with E-state index in [2.05, 4.69) is 4.90 Å². The lowest BCUT2D eigenvalue weighted by Crippen LogP contribution is -2.43. The van der Waals surface area contributed by atoms with Gasteiger partial charge in [0.15, 0.2) is 0 Å². The van der Waals surface area contributed by atoms with E-state index in [0.717, 1.165) is 37.4 Å². The van der Waals surface area contributed by atoms with Crippen LogP contribution in [-0.4, -0.2) is 49.0 Å². The molecule has 0 radical (unpaired) electrons. The molecule has 2 atom stereocenters. The highest BCUT2D eigenvalue weighted by molar-refractivity contribution is 6.30. The summed E-state index contributed by atoms with van der Waals surface area (Å²) in [7, 11) is 0. The summed E-state index contributed by atoms with van der Waals surface area (Å²) in [6.07, 6.45) is 1.79. The monoisotopic (exact) mass is 375 g/mol. The summed E-state index contributed by atoms with van der Waals surface area (Å²) >= 11 is 5.90. The standard InChI is InChI=1S/C21H26ClNO3/c22-18-8-10-21(11-9-18)25-15-17-5-4-12-23(13-17)14-19(24)16-26-20-6-2-1-3-7-20/h1-3,6-11,17,19,24H,4-5,12-16H2. The molecule has 1 N–H and O–H groups in total. The van der Waals surface area contributed by atoms with Crippen molar-refractivity contribution in [1.29, 1.82) is 0 Å². The molecule has 0 spiro atoms. The first-order chi connectivity index (χ1) is 12.7. The largest absolute Gasteiger partial charge is 0.493 e. The summed E-state index contributed by atoms with van der Waals surface area (Å²) in [6.45, 7) is 3.58. The van der Waals surface area contributed by atoms with Crippen molar-refractivity contribution < 1.29 is 14.6 Å². The van der Waals surface area contributed by atoms with Crippen LogP contribution in [0.1, 0.15) is 12.8 Å². The van der Waals surface area contributed by atoms with Gasteiger partial charge in [0, 0.05) is 24.0 Å². The van der Waals surface area contributed by atoms with E-state index in [1.807, 2.05) is 54.6 Å². The van der Waals surface area contributed by atoms with Crippen LogP contribution < -0.4 is 9.47 Å². The van der Waals surface area contributed by atoms with E-state index in [4.69, 9.17) is 21.1 Å². The molecule has 140 valence electrons. The Bertz CT molecular complexity index is 650. The van der Waals surface area contributed by atoms with Crippen molar-refractivity contribution in [2.24, 2.45) is 5.92 Å². The van der Waals surface area contributed by atoms with Crippen molar-refractivity contribution in [3.63, 3.8) is 0 Å². The van der Waals surface area contributed by atoms with Gasteiger partial charge in [-0.15, -0.1) is 0 Å². The summed E-state index contributed by atoms with van der Waals surface area (Å²) in [6, 6.07) is 17.1. The van der Waals surface area contributed by atoms with Gasteiger partial charge in [-0.1, -0.05) is 29.8 Å². The number of para-hydroxylation sites is 1. The minimum Gasteiger partial charge on any atom is -0.493 e. The molecule has 26 heavy (non-hydrogen) atoms. The number of benzene rings is 2. The SMILES string of the molecule is OC(COc1ccccc1)CN1CCCC(COc2ccc(Cl)cc2)C1. The van der Waals surface area contributed by atoms with Gasteiger partial charge < -0.3 is 19.5 Å². The van der Waals surface area contributed by atoms with Gasteiger partial charge in [-0.05, 0) is 55.8 Å². The Morgan fingerprint density at radius 1 is 1.04 bits per heavy atom. The molecule has 0 bridgehead atoms. The average Bonchev–Trinajstić information content (AvgIpc) is 2.67. The normalized spacial score (nSPS) is 19.1. The van der Waals surface area contributed by atoms with Crippen molar-refractivity contribution in [3.05, 3.63) is 59.6 Å². The van der Waals surface area contributed by atoms with Crippen molar-refractivity contribution in [1.82, 2.24) is 4.90 Å². The minimum atomic E-state index is -0.494. The second-order valence-corrected chi connectivity index (χ2v) is 7.25. The second-order valence-electron chi connectivity index (χ2n) is 6.81. The van der Waals surface area contributed by atoms with E-state index in [1.54, 1.807) is 0 Å². The maximum Gasteiger partial charge on any atom is 0.119 e. The maximum absolute atomic E-state index is 10.3. The lowest BCUT2D eigenvalue weighted by Gasteiger charge is -2.33. The highest BCUT2D eigenvalue weighted by Crippen LogP contribution is 2.20. The molecule has 1 aliphatic rings. The van der Waals surface area contributed by atoms with E-state index in [0.29, 0.717) is 30.7 Å². The Morgan fingerprint density at radius 3 is 2.54 bits per heavy atom. The Morgan fingerprint density at radius 2 is 1.77 bits per heavy atom. The van der Waals surface area contributed by atoms with Gasteiger partial charge in [0.05, 0.1) is 6.61 Å². The van der Waals surface area contributed by atoms with Crippen molar-refractivity contribution >= 4 is 11.6 Å². The van der Waals surface area contributed by atoms with Gasteiger partial charge >= 0.3 is 0 Å². The lowest BCUT2D eigenvalue weighted by atomic mass is 9.98. The molecule has 1 saturated heterocycles. The maximum atomic E-state index is 10.3. The summed E-state index contributed by atoms with van der Waals surface area (Å²) in [4.78, 5) is 2.30. The van der Waals surface area contributed by atoms with Gasteiger partial charge in [0.2, 0.25) is 0 Å².